The maximum absolute atomic E-state index is 8.73. The van der Waals surface area contributed by atoms with Crippen LogP contribution in [0.15, 0.2) is 23.6 Å². The number of nitriles is 1. The van der Waals surface area contributed by atoms with Crippen LogP contribution in [0.2, 0.25) is 0 Å². The Morgan fingerprint density at radius 1 is 1.44 bits per heavy atom. The van der Waals surface area contributed by atoms with Gasteiger partial charge in [-0.1, -0.05) is 0 Å². The highest BCUT2D eigenvalue weighted by molar-refractivity contribution is 7.10. The van der Waals surface area contributed by atoms with Crippen molar-refractivity contribution in [1.82, 2.24) is 4.98 Å². The van der Waals surface area contributed by atoms with Gasteiger partial charge in [0.2, 0.25) is 0 Å². The van der Waals surface area contributed by atoms with E-state index in [0.29, 0.717) is 5.01 Å². The molecule has 1 aromatic heterocycles. The summed E-state index contributed by atoms with van der Waals surface area (Å²) in [6.07, 6.45) is 0.957. The lowest BCUT2D eigenvalue weighted by Gasteiger charge is -2.00. The van der Waals surface area contributed by atoms with E-state index < -0.39 is 0 Å². The van der Waals surface area contributed by atoms with Gasteiger partial charge >= 0.3 is 0 Å². The number of nitrogens with zero attached hydrogens (tertiary/aromatic N) is 2. The molecule has 1 aliphatic rings. The van der Waals surface area contributed by atoms with Crippen molar-refractivity contribution in [3.8, 4) is 23.1 Å². The smallest absolute Gasteiger partial charge is 0.194 e. The predicted octanol–water partition coefficient (Wildman–Crippen LogP) is 2.62. The molecule has 0 aliphatic carbocycles. The highest BCUT2D eigenvalue weighted by atomic mass is 32.1. The van der Waals surface area contributed by atoms with E-state index in [1.807, 2.05) is 17.5 Å². The third-order valence-electron chi connectivity index (χ3n) is 2.59. The predicted molar refractivity (Wildman–Crippen MR) is 61.5 cm³/mol. The van der Waals surface area contributed by atoms with Crippen LogP contribution in [0.5, 0.6) is 5.75 Å². The highest BCUT2D eigenvalue weighted by Gasteiger charge is 2.13. The number of rotatable bonds is 1. The van der Waals surface area contributed by atoms with E-state index in [-0.39, 0.29) is 0 Å². The van der Waals surface area contributed by atoms with Gasteiger partial charge in [-0.05, 0) is 23.8 Å². The number of hydrogen-bond donors (Lipinski definition) is 0. The first kappa shape index (κ1) is 9.37. The van der Waals surface area contributed by atoms with E-state index >= 15 is 0 Å². The Morgan fingerprint density at radius 2 is 2.38 bits per heavy atom. The summed E-state index contributed by atoms with van der Waals surface area (Å²) in [5.41, 5.74) is 3.15. The van der Waals surface area contributed by atoms with E-state index in [1.165, 1.54) is 16.9 Å². The molecule has 3 rings (SSSR count). The fourth-order valence-electron chi connectivity index (χ4n) is 1.80. The number of fused-ring (bicyclic) bond motifs is 1. The molecule has 0 fully saturated rings. The Labute approximate surface area is 96.9 Å². The Bertz CT molecular complexity index is 583. The molecule has 16 heavy (non-hydrogen) atoms. The van der Waals surface area contributed by atoms with E-state index in [4.69, 9.17) is 10.00 Å². The van der Waals surface area contributed by atoms with Crippen LogP contribution >= 0.6 is 11.3 Å². The molecule has 0 N–H and O–H groups in total. The fourth-order valence-corrected chi connectivity index (χ4v) is 2.42. The van der Waals surface area contributed by atoms with Crippen LogP contribution in [-0.2, 0) is 6.42 Å². The monoisotopic (exact) mass is 228 g/mol. The SMILES string of the molecule is N#Cc1nc(-c2ccc3c(c2)CCO3)cs1. The van der Waals surface area contributed by atoms with Crippen LogP contribution in [0.25, 0.3) is 11.3 Å². The molecule has 78 valence electrons. The van der Waals surface area contributed by atoms with Gasteiger partial charge in [0, 0.05) is 17.4 Å². The number of aromatic nitrogens is 1. The van der Waals surface area contributed by atoms with Gasteiger partial charge in [-0.15, -0.1) is 11.3 Å². The Hall–Kier alpha value is -1.86. The first-order chi connectivity index (χ1) is 7.86. The fraction of sp³-hybridized carbons (Fsp3) is 0.167. The molecule has 1 aliphatic heterocycles. The van der Waals surface area contributed by atoms with Crippen molar-refractivity contribution in [2.24, 2.45) is 0 Å². The summed E-state index contributed by atoms with van der Waals surface area (Å²) in [5.74, 6) is 0.972. The normalized spacial score (nSPS) is 12.9. The van der Waals surface area contributed by atoms with Gasteiger partial charge in [0.15, 0.2) is 5.01 Å². The molecule has 4 heteroatoms. The molecule has 3 nitrogen and oxygen atoms in total. The summed E-state index contributed by atoms with van der Waals surface area (Å²) >= 11 is 1.37. The minimum Gasteiger partial charge on any atom is -0.493 e. The number of hydrogen-bond acceptors (Lipinski definition) is 4. The number of thiazole rings is 1. The zero-order valence-corrected chi connectivity index (χ0v) is 9.25. The van der Waals surface area contributed by atoms with E-state index in [1.54, 1.807) is 0 Å². The lowest BCUT2D eigenvalue weighted by molar-refractivity contribution is 0.357. The first-order valence-corrected chi connectivity index (χ1v) is 5.86. The van der Waals surface area contributed by atoms with Crippen LogP contribution < -0.4 is 4.74 Å². The quantitative estimate of drug-likeness (QED) is 0.753. The molecule has 1 aromatic carbocycles. The largest absolute Gasteiger partial charge is 0.493 e. The second-order valence-corrected chi connectivity index (χ2v) is 4.43. The van der Waals surface area contributed by atoms with Crippen molar-refractivity contribution < 1.29 is 4.74 Å². The Morgan fingerprint density at radius 3 is 3.19 bits per heavy atom. The molecule has 2 heterocycles. The third-order valence-corrected chi connectivity index (χ3v) is 3.33. The van der Waals surface area contributed by atoms with Gasteiger partial charge in [0.1, 0.15) is 11.8 Å². The number of ether oxygens (including phenoxy) is 1. The molecular formula is C12H8N2OS. The second-order valence-electron chi connectivity index (χ2n) is 3.57. The van der Waals surface area contributed by atoms with E-state index in [2.05, 4.69) is 17.1 Å². The van der Waals surface area contributed by atoms with Crippen LogP contribution in [0.3, 0.4) is 0 Å². The molecule has 2 aromatic rings. The maximum Gasteiger partial charge on any atom is 0.194 e. The maximum atomic E-state index is 8.73. The van der Waals surface area contributed by atoms with Crippen LogP contribution in [0.4, 0.5) is 0 Å². The zero-order chi connectivity index (χ0) is 11.0. The van der Waals surface area contributed by atoms with Gasteiger partial charge in [-0.25, -0.2) is 4.98 Å². The summed E-state index contributed by atoms with van der Waals surface area (Å²) in [5, 5.41) is 11.1. The second kappa shape index (κ2) is 3.62. The van der Waals surface area contributed by atoms with Crippen molar-refractivity contribution in [1.29, 1.82) is 5.26 Å². The van der Waals surface area contributed by atoms with Crippen molar-refractivity contribution in [3.63, 3.8) is 0 Å². The molecule has 0 saturated heterocycles. The Kier molecular flexibility index (Phi) is 2.12. The zero-order valence-electron chi connectivity index (χ0n) is 8.43. The number of benzene rings is 1. The summed E-state index contributed by atoms with van der Waals surface area (Å²) in [6.45, 7) is 0.763. The van der Waals surface area contributed by atoms with Crippen LogP contribution in [-0.4, -0.2) is 11.6 Å². The average molecular weight is 228 g/mol. The molecule has 0 atom stereocenters. The summed E-state index contributed by atoms with van der Waals surface area (Å²) in [7, 11) is 0. The molecule has 0 amide bonds. The molecule has 0 bridgehead atoms. The third kappa shape index (κ3) is 1.46. The standard InChI is InChI=1S/C12H8N2OS/c13-6-12-14-10(7-16-12)8-1-2-11-9(5-8)3-4-15-11/h1-2,5,7H,3-4H2. The van der Waals surface area contributed by atoms with E-state index in [9.17, 15) is 0 Å². The van der Waals surface area contributed by atoms with Crippen LogP contribution in [0.1, 0.15) is 10.6 Å². The van der Waals surface area contributed by atoms with E-state index in [0.717, 1.165) is 30.0 Å². The van der Waals surface area contributed by atoms with Gasteiger partial charge in [-0.2, -0.15) is 5.26 Å². The lowest BCUT2D eigenvalue weighted by Crippen LogP contribution is -1.85. The average Bonchev–Trinajstić information content (AvgIpc) is 2.96. The van der Waals surface area contributed by atoms with Gasteiger partial charge < -0.3 is 4.74 Å². The molecule has 0 unspecified atom stereocenters. The summed E-state index contributed by atoms with van der Waals surface area (Å²) in [6, 6.07) is 8.11. The summed E-state index contributed by atoms with van der Waals surface area (Å²) in [4.78, 5) is 4.24. The van der Waals surface area contributed by atoms with Crippen molar-refractivity contribution in [2.45, 2.75) is 6.42 Å². The lowest BCUT2D eigenvalue weighted by atomic mass is 10.1. The molecule has 0 radical (unpaired) electrons. The molecule has 0 spiro atoms. The summed E-state index contributed by atoms with van der Waals surface area (Å²) < 4.78 is 5.45. The molecular weight excluding hydrogens is 220 g/mol. The topological polar surface area (TPSA) is 45.9 Å². The van der Waals surface area contributed by atoms with Gasteiger partial charge in [0.05, 0.1) is 12.3 Å². The Balaban J connectivity index is 2.04. The first-order valence-electron chi connectivity index (χ1n) is 4.98. The van der Waals surface area contributed by atoms with Gasteiger partial charge in [0.25, 0.3) is 0 Å². The minimum absolute atomic E-state index is 0.506. The highest BCUT2D eigenvalue weighted by Crippen LogP contribution is 2.30. The van der Waals surface area contributed by atoms with Gasteiger partial charge in [-0.3, -0.25) is 0 Å². The van der Waals surface area contributed by atoms with Crippen molar-refractivity contribution in [2.75, 3.05) is 6.61 Å². The van der Waals surface area contributed by atoms with Crippen molar-refractivity contribution in [3.05, 3.63) is 34.2 Å². The van der Waals surface area contributed by atoms with Crippen LogP contribution in [0, 0.1) is 11.3 Å². The molecule has 0 saturated carbocycles. The van der Waals surface area contributed by atoms with Crippen molar-refractivity contribution >= 4 is 11.3 Å². The minimum atomic E-state index is 0.506.